The molecular weight excluding hydrogens is 238 g/mol. The van der Waals surface area contributed by atoms with Crippen LogP contribution in [0.15, 0.2) is 6.33 Å². The van der Waals surface area contributed by atoms with E-state index in [-0.39, 0.29) is 5.28 Å². The molecule has 1 N–H and O–H groups in total. The van der Waals surface area contributed by atoms with Crippen LogP contribution in [0.2, 0.25) is 5.28 Å². The van der Waals surface area contributed by atoms with Gasteiger partial charge in [-0.2, -0.15) is 9.97 Å². The molecule has 6 heteroatoms. The average molecular weight is 252 g/mol. The molecule has 2 aromatic heterocycles. The highest BCUT2D eigenvalue weighted by Crippen LogP contribution is 2.32. The van der Waals surface area contributed by atoms with Gasteiger partial charge >= 0.3 is 0 Å². The number of aromatic nitrogens is 4. The zero-order valence-corrected chi connectivity index (χ0v) is 10.4. The van der Waals surface area contributed by atoms with Crippen molar-refractivity contribution in [2.75, 3.05) is 18.0 Å². The first kappa shape index (κ1) is 10.8. The van der Waals surface area contributed by atoms with Gasteiger partial charge in [0, 0.05) is 13.1 Å². The van der Waals surface area contributed by atoms with Crippen molar-refractivity contribution < 1.29 is 0 Å². The summed E-state index contributed by atoms with van der Waals surface area (Å²) < 4.78 is 0. The average Bonchev–Trinajstić information content (AvgIpc) is 3.01. The molecule has 0 unspecified atom stereocenters. The second kappa shape index (κ2) is 4.14. The third-order valence-electron chi connectivity index (χ3n) is 3.10. The predicted octanol–water partition coefficient (Wildman–Crippen LogP) is 2.24. The van der Waals surface area contributed by atoms with Crippen LogP contribution in [0.1, 0.15) is 19.8 Å². The first-order valence-corrected chi connectivity index (χ1v) is 6.27. The number of fused-ring (bicyclic) bond motifs is 1. The molecule has 1 aliphatic rings. The SMILES string of the molecule is CCN(CC1CC1)c1nc(Cl)nc2nc[nH]c12. The number of nitrogens with zero attached hydrogens (tertiary/aromatic N) is 4. The highest BCUT2D eigenvalue weighted by molar-refractivity contribution is 6.28. The Hall–Kier alpha value is -1.36. The highest BCUT2D eigenvalue weighted by Gasteiger charge is 2.25. The predicted molar refractivity (Wildman–Crippen MR) is 67.3 cm³/mol. The Morgan fingerprint density at radius 2 is 2.29 bits per heavy atom. The zero-order chi connectivity index (χ0) is 11.8. The van der Waals surface area contributed by atoms with Gasteiger partial charge in [-0.15, -0.1) is 0 Å². The molecular formula is C11H14ClN5. The van der Waals surface area contributed by atoms with E-state index in [9.17, 15) is 0 Å². The van der Waals surface area contributed by atoms with E-state index in [2.05, 4.69) is 31.8 Å². The van der Waals surface area contributed by atoms with Gasteiger partial charge in [0.15, 0.2) is 11.5 Å². The smallest absolute Gasteiger partial charge is 0.226 e. The van der Waals surface area contributed by atoms with Gasteiger partial charge in [-0.3, -0.25) is 0 Å². The first-order chi connectivity index (χ1) is 8.28. The Labute approximate surface area is 104 Å². The fourth-order valence-electron chi connectivity index (χ4n) is 2.00. The van der Waals surface area contributed by atoms with Crippen molar-refractivity contribution in [3.8, 4) is 0 Å². The molecule has 90 valence electrons. The lowest BCUT2D eigenvalue weighted by molar-refractivity contribution is 0.733. The summed E-state index contributed by atoms with van der Waals surface area (Å²) in [7, 11) is 0. The summed E-state index contributed by atoms with van der Waals surface area (Å²) in [6.45, 7) is 4.08. The number of H-pyrrole nitrogens is 1. The maximum absolute atomic E-state index is 5.93. The molecule has 5 nitrogen and oxygen atoms in total. The van der Waals surface area contributed by atoms with Crippen LogP contribution < -0.4 is 4.90 Å². The number of hydrogen-bond acceptors (Lipinski definition) is 4. The number of hydrogen-bond donors (Lipinski definition) is 1. The van der Waals surface area contributed by atoms with Gasteiger partial charge in [0.2, 0.25) is 5.28 Å². The summed E-state index contributed by atoms with van der Waals surface area (Å²) in [5.74, 6) is 1.67. The second-order valence-electron chi connectivity index (χ2n) is 4.40. The fraction of sp³-hybridized carbons (Fsp3) is 0.545. The molecule has 0 amide bonds. The van der Waals surface area contributed by atoms with Crippen LogP contribution >= 0.6 is 11.6 Å². The molecule has 0 aromatic carbocycles. The van der Waals surface area contributed by atoms with Crippen LogP contribution in [-0.4, -0.2) is 33.0 Å². The van der Waals surface area contributed by atoms with E-state index in [1.54, 1.807) is 6.33 Å². The molecule has 2 heterocycles. The number of imidazole rings is 1. The van der Waals surface area contributed by atoms with Gasteiger partial charge in [0.05, 0.1) is 6.33 Å². The molecule has 0 aliphatic heterocycles. The van der Waals surface area contributed by atoms with Crippen molar-refractivity contribution in [1.29, 1.82) is 0 Å². The lowest BCUT2D eigenvalue weighted by atomic mass is 10.3. The Morgan fingerprint density at radius 3 is 3.00 bits per heavy atom. The fourth-order valence-corrected chi connectivity index (χ4v) is 2.16. The third-order valence-corrected chi connectivity index (χ3v) is 3.27. The van der Waals surface area contributed by atoms with Gasteiger partial charge in [-0.05, 0) is 37.3 Å². The lowest BCUT2D eigenvalue weighted by Gasteiger charge is -2.21. The van der Waals surface area contributed by atoms with Gasteiger partial charge < -0.3 is 9.88 Å². The molecule has 0 atom stereocenters. The van der Waals surface area contributed by atoms with Crippen molar-refractivity contribution in [3.63, 3.8) is 0 Å². The minimum Gasteiger partial charge on any atom is -0.355 e. The van der Waals surface area contributed by atoms with Crippen molar-refractivity contribution >= 4 is 28.6 Å². The maximum atomic E-state index is 5.93. The Bertz CT molecular complexity index is 534. The Kier molecular flexibility index (Phi) is 2.63. The summed E-state index contributed by atoms with van der Waals surface area (Å²) in [5.41, 5.74) is 1.51. The van der Waals surface area contributed by atoms with Crippen molar-refractivity contribution in [3.05, 3.63) is 11.6 Å². The summed E-state index contributed by atoms with van der Waals surface area (Å²) in [5, 5.41) is 0.258. The van der Waals surface area contributed by atoms with Gasteiger partial charge in [0.1, 0.15) is 5.52 Å². The lowest BCUT2D eigenvalue weighted by Crippen LogP contribution is -2.26. The van der Waals surface area contributed by atoms with Gasteiger partial charge in [0.25, 0.3) is 0 Å². The minimum absolute atomic E-state index is 0.258. The van der Waals surface area contributed by atoms with Gasteiger partial charge in [-0.25, -0.2) is 4.98 Å². The molecule has 2 aromatic rings. The molecule has 3 rings (SSSR count). The van der Waals surface area contributed by atoms with Gasteiger partial charge in [-0.1, -0.05) is 0 Å². The largest absolute Gasteiger partial charge is 0.355 e. The van der Waals surface area contributed by atoms with Crippen LogP contribution in [-0.2, 0) is 0 Å². The van der Waals surface area contributed by atoms with E-state index >= 15 is 0 Å². The van der Waals surface area contributed by atoms with E-state index in [1.807, 2.05) is 0 Å². The van der Waals surface area contributed by atoms with Crippen LogP contribution in [0.25, 0.3) is 11.2 Å². The molecule has 0 saturated heterocycles. The normalized spacial score (nSPS) is 15.4. The third kappa shape index (κ3) is 2.07. The molecule has 17 heavy (non-hydrogen) atoms. The molecule has 0 bridgehead atoms. The van der Waals surface area contributed by atoms with Crippen LogP contribution in [0.3, 0.4) is 0 Å². The zero-order valence-electron chi connectivity index (χ0n) is 9.65. The number of halogens is 1. The first-order valence-electron chi connectivity index (χ1n) is 5.89. The molecule has 0 radical (unpaired) electrons. The molecule has 1 aliphatic carbocycles. The topological polar surface area (TPSA) is 57.7 Å². The van der Waals surface area contributed by atoms with Crippen molar-refractivity contribution in [2.24, 2.45) is 5.92 Å². The standard InChI is InChI=1S/C11H14ClN5/c1-2-17(5-7-3-4-7)10-8-9(14-6-13-8)15-11(12)16-10/h6-7H,2-5H2,1H3,(H,13,14,15,16). The maximum Gasteiger partial charge on any atom is 0.226 e. The van der Waals surface area contributed by atoms with Crippen LogP contribution in [0.5, 0.6) is 0 Å². The van der Waals surface area contributed by atoms with E-state index in [4.69, 9.17) is 11.6 Å². The van der Waals surface area contributed by atoms with Crippen molar-refractivity contribution in [2.45, 2.75) is 19.8 Å². The second-order valence-corrected chi connectivity index (χ2v) is 4.74. The van der Waals surface area contributed by atoms with Crippen LogP contribution in [0, 0.1) is 5.92 Å². The summed E-state index contributed by atoms with van der Waals surface area (Å²) >= 11 is 5.93. The quantitative estimate of drug-likeness (QED) is 0.847. The summed E-state index contributed by atoms with van der Waals surface area (Å²) in [6, 6.07) is 0. The number of aromatic amines is 1. The summed E-state index contributed by atoms with van der Waals surface area (Å²) in [4.78, 5) is 17.9. The minimum atomic E-state index is 0.258. The molecule has 1 saturated carbocycles. The van der Waals surface area contributed by atoms with Crippen molar-refractivity contribution in [1.82, 2.24) is 19.9 Å². The molecule has 0 spiro atoms. The molecule has 1 fully saturated rings. The number of anilines is 1. The highest BCUT2D eigenvalue weighted by atomic mass is 35.5. The Balaban J connectivity index is 2.03. The number of rotatable bonds is 4. The Morgan fingerprint density at radius 1 is 1.47 bits per heavy atom. The van der Waals surface area contributed by atoms with E-state index in [0.717, 1.165) is 30.3 Å². The van der Waals surface area contributed by atoms with E-state index in [1.165, 1.54) is 12.8 Å². The van der Waals surface area contributed by atoms with E-state index in [0.29, 0.717) is 5.65 Å². The van der Waals surface area contributed by atoms with E-state index < -0.39 is 0 Å². The summed E-state index contributed by atoms with van der Waals surface area (Å²) in [6.07, 6.45) is 4.27. The number of nitrogens with one attached hydrogen (secondary N) is 1. The monoisotopic (exact) mass is 251 g/mol. The van der Waals surface area contributed by atoms with Crippen LogP contribution in [0.4, 0.5) is 5.82 Å².